The molecule has 0 bridgehead atoms. The van der Waals surface area contributed by atoms with E-state index in [0.717, 1.165) is 5.56 Å². The van der Waals surface area contributed by atoms with Crippen LogP contribution >= 0.6 is 0 Å². The van der Waals surface area contributed by atoms with E-state index in [2.05, 4.69) is 0 Å². The van der Waals surface area contributed by atoms with Gasteiger partial charge < -0.3 is 10.0 Å². The number of rotatable bonds is 4. The Labute approximate surface area is 109 Å². The molecule has 1 aromatic carbocycles. The van der Waals surface area contributed by atoms with Gasteiger partial charge in [-0.3, -0.25) is 4.79 Å². The zero-order valence-electron chi connectivity index (χ0n) is 11.9. The summed E-state index contributed by atoms with van der Waals surface area (Å²) < 4.78 is 0. The Kier molecular flexibility index (Phi) is 4.52. The second kappa shape index (κ2) is 5.53. The van der Waals surface area contributed by atoms with Gasteiger partial charge in [0.05, 0.1) is 5.60 Å². The molecule has 0 saturated carbocycles. The SMILES string of the molecule is CCN(CC)C(=O)c1c(C)cccc1C(C)(C)O. The second-order valence-electron chi connectivity index (χ2n) is 5.03. The third-order valence-corrected chi connectivity index (χ3v) is 3.20. The Bertz CT molecular complexity index is 429. The zero-order chi connectivity index (χ0) is 13.9. The predicted molar refractivity (Wildman–Crippen MR) is 73.7 cm³/mol. The summed E-state index contributed by atoms with van der Waals surface area (Å²) in [6, 6.07) is 5.61. The first-order chi connectivity index (χ1) is 8.32. The van der Waals surface area contributed by atoms with E-state index in [9.17, 15) is 9.90 Å². The average Bonchev–Trinajstić information content (AvgIpc) is 2.28. The maximum Gasteiger partial charge on any atom is 0.254 e. The van der Waals surface area contributed by atoms with Crippen LogP contribution in [0, 0.1) is 6.92 Å². The van der Waals surface area contributed by atoms with Crippen LogP contribution in [-0.4, -0.2) is 29.0 Å². The van der Waals surface area contributed by atoms with Crippen LogP contribution in [0.2, 0.25) is 0 Å². The van der Waals surface area contributed by atoms with E-state index in [1.807, 2.05) is 39.0 Å². The lowest BCUT2D eigenvalue weighted by Crippen LogP contribution is -2.33. The number of carbonyl (C=O) groups excluding carboxylic acids is 1. The number of nitrogens with zero attached hydrogens (tertiary/aromatic N) is 1. The van der Waals surface area contributed by atoms with Gasteiger partial charge >= 0.3 is 0 Å². The second-order valence-corrected chi connectivity index (χ2v) is 5.03. The first kappa shape index (κ1) is 14.7. The van der Waals surface area contributed by atoms with Gasteiger partial charge in [-0.05, 0) is 45.7 Å². The smallest absolute Gasteiger partial charge is 0.254 e. The molecule has 0 aliphatic heterocycles. The first-order valence-electron chi connectivity index (χ1n) is 6.44. The Morgan fingerprint density at radius 1 is 1.28 bits per heavy atom. The molecule has 0 unspecified atom stereocenters. The predicted octanol–water partition coefficient (Wildman–Crippen LogP) is 2.70. The number of aliphatic hydroxyl groups is 1. The van der Waals surface area contributed by atoms with Gasteiger partial charge in [0, 0.05) is 18.7 Å². The van der Waals surface area contributed by atoms with Gasteiger partial charge in [-0.1, -0.05) is 18.2 Å². The van der Waals surface area contributed by atoms with Gasteiger partial charge in [-0.25, -0.2) is 0 Å². The summed E-state index contributed by atoms with van der Waals surface area (Å²) in [7, 11) is 0. The van der Waals surface area contributed by atoms with Crippen LogP contribution in [-0.2, 0) is 5.60 Å². The van der Waals surface area contributed by atoms with Gasteiger partial charge in [-0.15, -0.1) is 0 Å². The minimum Gasteiger partial charge on any atom is -0.386 e. The molecule has 0 radical (unpaired) electrons. The summed E-state index contributed by atoms with van der Waals surface area (Å²) in [6.07, 6.45) is 0. The summed E-state index contributed by atoms with van der Waals surface area (Å²) in [6.45, 7) is 10.6. The van der Waals surface area contributed by atoms with Crippen molar-refractivity contribution in [2.24, 2.45) is 0 Å². The van der Waals surface area contributed by atoms with Crippen molar-refractivity contribution in [1.29, 1.82) is 0 Å². The van der Waals surface area contributed by atoms with Crippen LogP contribution in [0.1, 0.15) is 49.2 Å². The average molecular weight is 249 g/mol. The summed E-state index contributed by atoms with van der Waals surface area (Å²) in [4.78, 5) is 14.3. The van der Waals surface area contributed by atoms with Crippen molar-refractivity contribution >= 4 is 5.91 Å². The third-order valence-electron chi connectivity index (χ3n) is 3.20. The highest BCUT2D eigenvalue weighted by atomic mass is 16.3. The molecule has 0 aliphatic rings. The first-order valence-corrected chi connectivity index (χ1v) is 6.44. The van der Waals surface area contributed by atoms with Crippen LogP contribution < -0.4 is 0 Å². The molecule has 0 aromatic heterocycles. The highest BCUT2D eigenvalue weighted by molar-refractivity contribution is 5.97. The lowest BCUT2D eigenvalue weighted by atomic mass is 9.90. The molecule has 1 N–H and O–H groups in total. The highest BCUT2D eigenvalue weighted by Gasteiger charge is 2.26. The Morgan fingerprint density at radius 3 is 2.28 bits per heavy atom. The molecule has 0 saturated heterocycles. The Morgan fingerprint density at radius 2 is 1.83 bits per heavy atom. The number of benzene rings is 1. The Hall–Kier alpha value is -1.35. The molecule has 0 aliphatic carbocycles. The van der Waals surface area contributed by atoms with E-state index in [1.165, 1.54) is 0 Å². The molecule has 3 heteroatoms. The molecule has 0 spiro atoms. The van der Waals surface area contributed by atoms with Gasteiger partial charge in [0.25, 0.3) is 5.91 Å². The van der Waals surface area contributed by atoms with Crippen molar-refractivity contribution in [3.63, 3.8) is 0 Å². The van der Waals surface area contributed by atoms with Crippen molar-refractivity contribution in [2.75, 3.05) is 13.1 Å². The molecule has 1 aromatic rings. The summed E-state index contributed by atoms with van der Waals surface area (Å²) in [5, 5.41) is 10.2. The number of aryl methyl sites for hydroxylation is 1. The van der Waals surface area contributed by atoms with E-state index < -0.39 is 5.60 Å². The summed E-state index contributed by atoms with van der Waals surface area (Å²) in [5.41, 5.74) is 1.23. The molecule has 1 rings (SSSR count). The summed E-state index contributed by atoms with van der Waals surface area (Å²) >= 11 is 0. The van der Waals surface area contributed by atoms with Crippen LogP contribution in [0.25, 0.3) is 0 Å². The zero-order valence-corrected chi connectivity index (χ0v) is 11.9. The van der Waals surface area contributed by atoms with E-state index in [4.69, 9.17) is 0 Å². The molecule has 1 amide bonds. The number of amides is 1. The standard InChI is InChI=1S/C15H23NO2/c1-6-16(7-2)14(17)13-11(3)9-8-10-12(13)15(4,5)18/h8-10,18H,6-7H2,1-5H3. The van der Waals surface area contributed by atoms with Crippen molar-refractivity contribution in [1.82, 2.24) is 4.90 Å². The molecule has 0 heterocycles. The van der Waals surface area contributed by atoms with E-state index in [1.54, 1.807) is 18.7 Å². The molecule has 0 atom stereocenters. The van der Waals surface area contributed by atoms with Crippen molar-refractivity contribution in [2.45, 2.75) is 40.2 Å². The van der Waals surface area contributed by atoms with Gasteiger partial charge in [0.2, 0.25) is 0 Å². The quantitative estimate of drug-likeness (QED) is 0.891. The van der Waals surface area contributed by atoms with Gasteiger partial charge in [0.1, 0.15) is 0 Å². The topological polar surface area (TPSA) is 40.5 Å². The minimum atomic E-state index is -1.01. The molecule has 18 heavy (non-hydrogen) atoms. The van der Waals surface area contributed by atoms with E-state index >= 15 is 0 Å². The maximum absolute atomic E-state index is 12.5. The van der Waals surface area contributed by atoms with Crippen molar-refractivity contribution in [3.05, 3.63) is 34.9 Å². The van der Waals surface area contributed by atoms with Crippen LogP contribution in [0.15, 0.2) is 18.2 Å². The third kappa shape index (κ3) is 2.91. The van der Waals surface area contributed by atoms with Crippen LogP contribution in [0.5, 0.6) is 0 Å². The molecular formula is C15H23NO2. The fourth-order valence-corrected chi connectivity index (χ4v) is 2.13. The number of carbonyl (C=O) groups is 1. The lowest BCUT2D eigenvalue weighted by molar-refractivity contribution is 0.0681. The largest absolute Gasteiger partial charge is 0.386 e. The van der Waals surface area contributed by atoms with Gasteiger partial charge in [0.15, 0.2) is 0 Å². The van der Waals surface area contributed by atoms with Crippen molar-refractivity contribution < 1.29 is 9.90 Å². The lowest BCUT2D eigenvalue weighted by Gasteiger charge is -2.26. The fourth-order valence-electron chi connectivity index (χ4n) is 2.13. The van der Waals surface area contributed by atoms with E-state index in [0.29, 0.717) is 24.2 Å². The normalized spacial score (nSPS) is 11.4. The fraction of sp³-hybridized carbons (Fsp3) is 0.533. The Balaban J connectivity index is 3.35. The highest BCUT2D eigenvalue weighted by Crippen LogP contribution is 2.27. The summed E-state index contributed by atoms with van der Waals surface area (Å²) in [5.74, 6) is -0.00442. The molecule has 100 valence electrons. The van der Waals surface area contributed by atoms with Crippen LogP contribution in [0.3, 0.4) is 0 Å². The monoisotopic (exact) mass is 249 g/mol. The molecular weight excluding hydrogens is 226 g/mol. The van der Waals surface area contributed by atoms with E-state index in [-0.39, 0.29) is 5.91 Å². The van der Waals surface area contributed by atoms with Crippen LogP contribution in [0.4, 0.5) is 0 Å². The minimum absolute atomic E-state index is 0.00442. The molecule has 3 nitrogen and oxygen atoms in total. The van der Waals surface area contributed by atoms with Crippen molar-refractivity contribution in [3.8, 4) is 0 Å². The maximum atomic E-state index is 12.5. The number of hydrogen-bond acceptors (Lipinski definition) is 2. The molecule has 0 fully saturated rings. The van der Waals surface area contributed by atoms with Gasteiger partial charge in [-0.2, -0.15) is 0 Å². The number of hydrogen-bond donors (Lipinski definition) is 1.